The summed E-state index contributed by atoms with van der Waals surface area (Å²) in [6, 6.07) is 11.9. The Morgan fingerprint density at radius 2 is 1.87 bits per heavy atom. The molecule has 0 radical (unpaired) electrons. The van der Waals surface area contributed by atoms with Crippen molar-refractivity contribution in [3.8, 4) is 5.69 Å². The number of hydrogen-bond donors (Lipinski definition) is 0. The molecule has 0 aliphatic carbocycles. The number of amides is 1. The number of anilines is 1. The molecule has 0 spiro atoms. The Labute approximate surface area is 221 Å². The highest BCUT2D eigenvalue weighted by atomic mass is 19.1. The number of aromatic nitrogens is 2. The van der Waals surface area contributed by atoms with Crippen LogP contribution in [0.5, 0.6) is 0 Å². The third kappa shape index (κ3) is 6.00. The average molecular weight is 525 g/mol. The van der Waals surface area contributed by atoms with E-state index in [1.54, 1.807) is 22.8 Å². The van der Waals surface area contributed by atoms with Gasteiger partial charge < -0.3 is 19.4 Å². The SMILES string of the molecule is CCN1CCN(c2c(CN(CCOC)C(=O)c3ccc([N+](=O)[O-])cc3)c(C)nn2-c2cccc(F)c2)CC1. The molecule has 1 aliphatic rings. The molecule has 1 amide bonds. The number of non-ortho nitro benzene ring substituents is 1. The van der Waals surface area contributed by atoms with Crippen molar-refractivity contribution >= 4 is 17.4 Å². The predicted octanol–water partition coefficient (Wildman–Crippen LogP) is 3.66. The summed E-state index contributed by atoms with van der Waals surface area (Å²) in [6.07, 6.45) is 0. The molecule has 3 aromatic rings. The van der Waals surface area contributed by atoms with Crippen LogP contribution in [0.4, 0.5) is 15.9 Å². The van der Waals surface area contributed by atoms with Gasteiger partial charge in [0.05, 0.1) is 29.5 Å². The van der Waals surface area contributed by atoms with Crippen molar-refractivity contribution in [1.82, 2.24) is 19.6 Å². The van der Waals surface area contributed by atoms with Crippen molar-refractivity contribution in [2.24, 2.45) is 0 Å². The standard InChI is InChI=1S/C27H33FN6O4/c1-4-30-12-14-31(15-13-30)26-25(20(2)29-33(26)24-7-5-6-22(28)18-24)19-32(16-17-38-3)27(35)21-8-10-23(11-9-21)34(36)37/h5-11,18H,4,12-17,19H2,1-3H3. The highest BCUT2D eigenvalue weighted by Crippen LogP contribution is 2.30. The van der Waals surface area contributed by atoms with Gasteiger partial charge in [-0.2, -0.15) is 5.10 Å². The molecule has 0 atom stereocenters. The molecule has 1 aromatic heterocycles. The molecule has 202 valence electrons. The molecule has 1 fully saturated rings. The van der Waals surface area contributed by atoms with E-state index in [4.69, 9.17) is 9.84 Å². The zero-order valence-electron chi connectivity index (χ0n) is 22.0. The lowest BCUT2D eigenvalue weighted by molar-refractivity contribution is -0.384. The van der Waals surface area contributed by atoms with Gasteiger partial charge >= 0.3 is 0 Å². The first-order chi connectivity index (χ1) is 18.3. The zero-order chi connectivity index (χ0) is 27.2. The van der Waals surface area contributed by atoms with Crippen molar-refractivity contribution in [3.05, 3.63) is 81.3 Å². The largest absolute Gasteiger partial charge is 0.383 e. The summed E-state index contributed by atoms with van der Waals surface area (Å²) in [4.78, 5) is 30.4. The maximum absolute atomic E-state index is 14.2. The smallest absolute Gasteiger partial charge is 0.269 e. The number of likely N-dealkylation sites (N-methyl/N-ethyl adjacent to an activating group) is 1. The Hall–Kier alpha value is -3.83. The molecule has 4 rings (SSSR count). The number of carbonyl (C=O) groups excluding carboxylic acids is 1. The van der Waals surface area contributed by atoms with Gasteiger partial charge in [-0.15, -0.1) is 0 Å². The Morgan fingerprint density at radius 1 is 1.16 bits per heavy atom. The van der Waals surface area contributed by atoms with Gasteiger partial charge in [0.1, 0.15) is 11.6 Å². The summed E-state index contributed by atoms with van der Waals surface area (Å²) >= 11 is 0. The van der Waals surface area contributed by atoms with Gasteiger partial charge in [-0.3, -0.25) is 14.9 Å². The number of nitro groups is 1. The van der Waals surface area contributed by atoms with Crippen molar-refractivity contribution in [1.29, 1.82) is 0 Å². The van der Waals surface area contributed by atoms with Gasteiger partial charge in [0, 0.05) is 63.1 Å². The number of aryl methyl sites for hydroxylation is 1. The van der Waals surface area contributed by atoms with E-state index in [9.17, 15) is 19.3 Å². The fourth-order valence-corrected chi connectivity index (χ4v) is 4.67. The Morgan fingerprint density at radius 3 is 2.47 bits per heavy atom. The summed E-state index contributed by atoms with van der Waals surface area (Å²) in [7, 11) is 1.57. The minimum absolute atomic E-state index is 0.0780. The van der Waals surface area contributed by atoms with E-state index in [0.29, 0.717) is 24.4 Å². The van der Waals surface area contributed by atoms with Gasteiger partial charge in [0.2, 0.25) is 0 Å². The lowest BCUT2D eigenvalue weighted by Gasteiger charge is -2.36. The van der Waals surface area contributed by atoms with E-state index in [-0.39, 0.29) is 24.0 Å². The van der Waals surface area contributed by atoms with Crippen LogP contribution in [0.15, 0.2) is 48.5 Å². The van der Waals surface area contributed by atoms with Crippen LogP contribution in [0.3, 0.4) is 0 Å². The van der Waals surface area contributed by atoms with Crippen molar-refractivity contribution in [2.45, 2.75) is 20.4 Å². The minimum atomic E-state index is -0.494. The van der Waals surface area contributed by atoms with E-state index in [2.05, 4.69) is 16.7 Å². The molecule has 1 aliphatic heterocycles. The van der Waals surface area contributed by atoms with Crippen LogP contribution in [0.1, 0.15) is 28.5 Å². The summed E-state index contributed by atoms with van der Waals surface area (Å²) in [5.74, 6) is 0.216. The lowest BCUT2D eigenvalue weighted by atomic mass is 10.1. The molecular weight excluding hydrogens is 491 g/mol. The van der Waals surface area contributed by atoms with Gasteiger partial charge in [-0.05, 0) is 43.8 Å². The summed E-state index contributed by atoms with van der Waals surface area (Å²) in [5, 5.41) is 15.8. The molecule has 10 nitrogen and oxygen atoms in total. The number of ether oxygens (including phenoxy) is 1. The second kappa shape index (κ2) is 12.1. The summed E-state index contributed by atoms with van der Waals surface area (Å²) in [5.41, 5.74) is 2.48. The second-order valence-corrected chi connectivity index (χ2v) is 9.22. The molecule has 1 saturated heterocycles. The average Bonchev–Trinajstić information content (AvgIpc) is 3.26. The number of nitro benzene ring substituents is 1. The van der Waals surface area contributed by atoms with Gasteiger partial charge in [0.25, 0.3) is 11.6 Å². The van der Waals surface area contributed by atoms with Crippen LogP contribution < -0.4 is 4.90 Å². The first-order valence-electron chi connectivity index (χ1n) is 12.7. The number of halogens is 1. The van der Waals surface area contributed by atoms with Crippen LogP contribution in [-0.2, 0) is 11.3 Å². The first-order valence-corrected chi connectivity index (χ1v) is 12.7. The van der Waals surface area contributed by atoms with E-state index in [1.807, 2.05) is 13.0 Å². The number of carbonyl (C=O) groups is 1. The first kappa shape index (κ1) is 27.2. The van der Waals surface area contributed by atoms with Crippen LogP contribution in [0.25, 0.3) is 5.69 Å². The highest BCUT2D eigenvalue weighted by molar-refractivity contribution is 5.94. The maximum Gasteiger partial charge on any atom is 0.269 e. The topological polar surface area (TPSA) is 97.0 Å². The fraction of sp³-hybridized carbons (Fsp3) is 0.407. The van der Waals surface area contributed by atoms with E-state index >= 15 is 0 Å². The third-order valence-electron chi connectivity index (χ3n) is 6.86. The van der Waals surface area contributed by atoms with Gasteiger partial charge in [-0.25, -0.2) is 9.07 Å². The molecule has 0 N–H and O–H groups in total. The van der Waals surface area contributed by atoms with E-state index in [1.165, 1.54) is 36.4 Å². The van der Waals surface area contributed by atoms with Crippen molar-refractivity contribution in [2.75, 3.05) is 57.9 Å². The summed E-state index contributed by atoms with van der Waals surface area (Å²) in [6.45, 7) is 9.21. The number of methoxy groups -OCH3 is 1. The van der Waals surface area contributed by atoms with Crippen molar-refractivity contribution in [3.63, 3.8) is 0 Å². The number of nitrogens with zero attached hydrogens (tertiary/aromatic N) is 6. The Bertz CT molecular complexity index is 1270. The number of piperazine rings is 1. The minimum Gasteiger partial charge on any atom is -0.383 e. The van der Waals surface area contributed by atoms with Crippen molar-refractivity contribution < 1.29 is 18.8 Å². The fourth-order valence-electron chi connectivity index (χ4n) is 4.67. The molecular formula is C27H33FN6O4. The monoisotopic (exact) mass is 524 g/mol. The van der Waals surface area contributed by atoms with E-state index < -0.39 is 4.92 Å². The van der Waals surface area contributed by atoms with Gasteiger partial charge in [-0.1, -0.05) is 13.0 Å². The Balaban J connectivity index is 1.72. The third-order valence-corrected chi connectivity index (χ3v) is 6.86. The van der Waals surface area contributed by atoms with Crippen LogP contribution >= 0.6 is 0 Å². The second-order valence-electron chi connectivity index (χ2n) is 9.22. The van der Waals surface area contributed by atoms with Gasteiger partial charge in [0.15, 0.2) is 0 Å². The molecule has 0 unspecified atom stereocenters. The number of hydrogen-bond acceptors (Lipinski definition) is 7. The highest BCUT2D eigenvalue weighted by Gasteiger charge is 2.28. The molecule has 38 heavy (non-hydrogen) atoms. The van der Waals surface area contributed by atoms with E-state index in [0.717, 1.165) is 49.8 Å². The van der Waals surface area contributed by atoms with Crippen LogP contribution in [0, 0.1) is 22.9 Å². The summed E-state index contributed by atoms with van der Waals surface area (Å²) < 4.78 is 21.2. The quantitative estimate of drug-likeness (QED) is 0.295. The molecule has 2 heterocycles. The molecule has 11 heteroatoms. The Kier molecular flexibility index (Phi) is 8.70. The molecule has 2 aromatic carbocycles. The van der Waals surface area contributed by atoms with Crippen LogP contribution in [-0.4, -0.2) is 83.4 Å². The normalized spacial score (nSPS) is 14.1. The van der Waals surface area contributed by atoms with Crippen LogP contribution in [0.2, 0.25) is 0 Å². The predicted molar refractivity (Wildman–Crippen MR) is 142 cm³/mol. The molecule has 0 saturated carbocycles. The lowest BCUT2D eigenvalue weighted by Crippen LogP contribution is -2.47. The number of benzene rings is 2. The maximum atomic E-state index is 14.2. The number of rotatable bonds is 10. The molecule has 0 bridgehead atoms. The zero-order valence-corrected chi connectivity index (χ0v) is 22.0.